The van der Waals surface area contributed by atoms with Crippen molar-refractivity contribution >= 4 is 23.7 Å². The number of nitrogens with zero attached hydrogens (tertiary/aromatic N) is 3. The quantitative estimate of drug-likeness (QED) is 0.845. The molecular weight excluding hydrogens is 282 g/mol. The first-order valence-corrected chi connectivity index (χ1v) is 6.19. The second-order valence-electron chi connectivity index (χ2n) is 3.52. The second-order valence-corrected chi connectivity index (χ2v) is 4.61. The van der Waals surface area contributed by atoms with Crippen molar-refractivity contribution in [2.75, 3.05) is 7.11 Å². The van der Waals surface area contributed by atoms with Gasteiger partial charge in [-0.25, -0.2) is 19.6 Å². The van der Waals surface area contributed by atoms with E-state index in [4.69, 9.17) is 5.11 Å². The Morgan fingerprint density at radius 2 is 2.10 bits per heavy atom. The highest BCUT2D eigenvalue weighted by molar-refractivity contribution is 7.99. The lowest BCUT2D eigenvalue weighted by atomic mass is 10.3. The van der Waals surface area contributed by atoms with Crippen LogP contribution in [0.15, 0.2) is 40.6 Å². The van der Waals surface area contributed by atoms with Gasteiger partial charge in [0, 0.05) is 11.1 Å². The average Bonchev–Trinajstić information content (AvgIpc) is 2.47. The molecule has 7 nitrogen and oxygen atoms in total. The highest BCUT2D eigenvalue weighted by Crippen LogP contribution is 2.25. The Hall–Kier alpha value is -2.48. The molecule has 0 fully saturated rings. The van der Waals surface area contributed by atoms with E-state index in [0.717, 1.165) is 0 Å². The number of carbonyl (C=O) groups is 2. The number of carboxylic acids is 1. The van der Waals surface area contributed by atoms with Crippen LogP contribution < -0.4 is 0 Å². The maximum absolute atomic E-state index is 11.3. The van der Waals surface area contributed by atoms with E-state index in [1.807, 2.05) is 0 Å². The molecule has 0 spiro atoms. The van der Waals surface area contributed by atoms with Gasteiger partial charge in [-0.2, -0.15) is 0 Å². The van der Waals surface area contributed by atoms with E-state index in [1.165, 1.54) is 43.5 Å². The van der Waals surface area contributed by atoms with Crippen molar-refractivity contribution in [1.82, 2.24) is 15.0 Å². The molecule has 0 bridgehead atoms. The van der Waals surface area contributed by atoms with Crippen molar-refractivity contribution in [3.8, 4) is 0 Å². The fourth-order valence-corrected chi connectivity index (χ4v) is 2.11. The molecule has 2 aromatic heterocycles. The topological polar surface area (TPSA) is 102 Å². The molecule has 2 aromatic rings. The van der Waals surface area contributed by atoms with Gasteiger partial charge in [0.15, 0.2) is 5.69 Å². The Bertz CT molecular complexity index is 663. The van der Waals surface area contributed by atoms with Gasteiger partial charge in [0.1, 0.15) is 10.7 Å². The maximum Gasteiger partial charge on any atom is 0.358 e. The Labute approximate surface area is 118 Å². The minimum absolute atomic E-state index is 0.0629. The Morgan fingerprint density at radius 3 is 2.80 bits per heavy atom. The fourth-order valence-electron chi connectivity index (χ4n) is 1.31. The first kappa shape index (κ1) is 13.9. The summed E-state index contributed by atoms with van der Waals surface area (Å²) in [5.74, 6) is -1.69. The molecule has 0 aromatic carbocycles. The lowest BCUT2D eigenvalue weighted by Crippen LogP contribution is -2.05. The second kappa shape index (κ2) is 6.11. The third kappa shape index (κ3) is 3.29. The first-order valence-electron chi connectivity index (χ1n) is 5.37. The van der Waals surface area contributed by atoms with Gasteiger partial charge < -0.3 is 9.84 Å². The summed E-state index contributed by atoms with van der Waals surface area (Å²) >= 11 is 1.18. The van der Waals surface area contributed by atoms with Crippen LogP contribution in [0, 0.1) is 0 Å². The molecule has 0 saturated carbocycles. The number of hydrogen-bond donors (Lipinski definition) is 1. The molecule has 0 atom stereocenters. The molecule has 0 saturated heterocycles. The normalized spacial score (nSPS) is 10.1. The summed E-state index contributed by atoms with van der Waals surface area (Å²) in [6, 6.07) is 3.06. The van der Waals surface area contributed by atoms with Gasteiger partial charge in [-0.3, -0.25) is 4.98 Å². The lowest BCUT2D eigenvalue weighted by Gasteiger charge is -2.03. The van der Waals surface area contributed by atoms with Crippen LogP contribution in [0.2, 0.25) is 0 Å². The van der Waals surface area contributed by atoms with E-state index in [-0.39, 0.29) is 11.4 Å². The summed E-state index contributed by atoms with van der Waals surface area (Å²) in [6.07, 6.45) is 4.16. The Balaban J connectivity index is 2.24. The van der Waals surface area contributed by atoms with Gasteiger partial charge in [0.05, 0.1) is 19.5 Å². The van der Waals surface area contributed by atoms with E-state index in [0.29, 0.717) is 9.92 Å². The summed E-state index contributed by atoms with van der Waals surface area (Å²) in [5, 5.41) is 9.32. The summed E-state index contributed by atoms with van der Waals surface area (Å²) in [6.45, 7) is 0. The number of aromatic carboxylic acids is 1. The first-order chi connectivity index (χ1) is 9.60. The van der Waals surface area contributed by atoms with Gasteiger partial charge in [0.25, 0.3) is 0 Å². The van der Waals surface area contributed by atoms with Crippen LogP contribution >= 0.6 is 11.8 Å². The molecule has 0 amide bonds. The van der Waals surface area contributed by atoms with Crippen molar-refractivity contribution in [3.63, 3.8) is 0 Å². The van der Waals surface area contributed by atoms with Crippen molar-refractivity contribution in [2.45, 2.75) is 9.92 Å². The number of ether oxygens (including phenoxy) is 1. The third-order valence-electron chi connectivity index (χ3n) is 2.18. The molecule has 20 heavy (non-hydrogen) atoms. The van der Waals surface area contributed by atoms with Crippen molar-refractivity contribution in [3.05, 3.63) is 42.1 Å². The number of carboxylic acid groups (broad SMARTS) is 1. The summed E-state index contributed by atoms with van der Waals surface area (Å²) in [7, 11) is 1.26. The van der Waals surface area contributed by atoms with Gasteiger partial charge in [-0.1, -0.05) is 11.8 Å². The molecule has 0 aliphatic carbocycles. The number of carbonyl (C=O) groups excluding carboxylic acids is 1. The molecule has 1 N–H and O–H groups in total. The van der Waals surface area contributed by atoms with Crippen molar-refractivity contribution in [1.29, 1.82) is 0 Å². The Kier molecular flexibility index (Phi) is 4.26. The molecule has 0 unspecified atom stereocenters. The van der Waals surface area contributed by atoms with E-state index in [9.17, 15) is 9.59 Å². The molecule has 102 valence electrons. The van der Waals surface area contributed by atoms with Gasteiger partial charge >= 0.3 is 11.9 Å². The number of methoxy groups -OCH3 is 1. The van der Waals surface area contributed by atoms with Crippen LogP contribution in [-0.4, -0.2) is 39.1 Å². The SMILES string of the molecule is COC(=O)c1cncc(Sc2ccnc(C(=O)O)c2)n1. The molecule has 2 rings (SSSR count). The smallest absolute Gasteiger partial charge is 0.358 e. The van der Waals surface area contributed by atoms with E-state index in [2.05, 4.69) is 19.7 Å². The third-order valence-corrected chi connectivity index (χ3v) is 3.08. The zero-order valence-electron chi connectivity index (χ0n) is 10.3. The molecule has 8 heteroatoms. The van der Waals surface area contributed by atoms with Crippen molar-refractivity contribution < 1.29 is 19.4 Å². The predicted octanol–water partition coefficient (Wildman–Crippen LogP) is 1.51. The highest BCUT2D eigenvalue weighted by atomic mass is 32.2. The predicted molar refractivity (Wildman–Crippen MR) is 68.7 cm³/mol. The minimum Gasteiger partial charge on any atom is -0.477 e. The van der Waals surface area contributed by atoms with Crippen LogP contribution in [0.4, 0.5) is 0 Å². The van der Waals surface area contributed by atoms with Gasteiger partial charge in [-0.15, -0.1) is 0 Å². The summed E-state index contributed by atoms with van der Waals surface area (Å²) in [5.41, 5.74) is 0.0251. The summed E-state index contributed by atoms with van der Waals surface area (Å²) in [4.78, 5) is 34.5. The van der Waals surface area contributed by atoms with Crippen molar-refractivity contribution in [2.24, 2.45) is 0 Å². The largest absolute Gasteiger partial charge is 0.477 e. The highest BCUT2D eigenvalue weighted by Gasteiger charge is 2.10. The van der Waals surface area contributed by atoms with Crippen LogP contribution in [0.3, 0.4) is 0 Å². The Morgan fingerprint density at radius 1 is 1.30 bits per heavy atom. The maximum atomic E-state index is 11.3. The zero-order chi connectivity index (χ0) is 14.5. The standard InChI is InChI=1S/C12H9N3O4S/c1-19-12(18)9-5-13-6-10(15-9)20-7-2-3-14-8(4-7)11(16)17/h2-6H,1H3,(H,16,17). The molecule has 0 aliphatic heterocycles. The number of aromatic nitrogens is 3. The number of hydrogen-bond acceptors (Lipinski definition) is 7. The van der Waals surface area contributed by atoms with E-state index < -0.39 is 11.9 Å². The monoisotopic (exact) mass is 291 g/mol. The van der Waals surface area contributed by atoms with Crippen LogP contribution in [0.5, 0.6) is 0 Å². The van der Waals surface area contributed by atoms with Crippen LogP contribution in [0.25, 0.3) is 0 Å². The molecule has 0 radical (unpaired) electrons. The van der Waals surface area contributed by atoms with Gasteiger partial charge in [-0.05, 0) is 12.1 Å². The van der Waals surface area contributed by atoms with Gasteiger partial charge in [0.2, 0.25) is 0 Å². The molecular formula is C12H9N3O4S. The van der Waals surface area contributed by atoms with Crippen LogP contribution in [-0.2, 0) is 4.74 Å². The summed E-state index contributed by atoms with van der Waals surface area (Å²) < 4.78 is 4.55. The number of rotatable bonds is 4. The molecule has 0 aliphatic rings. The lowest BCUT2D eigenvalue weighted by molar-refractivity contribution is 0.0591. The van der Waals surface area contributed by atoms with Crippen LogP contribution in [0.1, 0.15) is 21.0 Å². The minimum atomic E-state index is -1.11. The average molecular weight is 291 g/mol. The van der Waals surface area contributed by atoms with E-state index >= 15 is 0 Å². The number of esters is 1. The number of pyridine rings is 1. The zero-order valence-corrected chi connectivity index (χ0v) is 11.1. The van der Waals surface area contributed by atoms with E-state index in [1.54, 1.807) is 6.07 Å². The fraction of sp³-hybridized carbons (Fsp3) is 0.0833. The molecule has 2 heterocycles.